The molecule has 2 nitrogen and oxygen atoms in total. The molecule has 7 rings (SSSR count). The third-order valence-corrected chi connectivity index (χ3v) is 8.60. The van der Waals surface area contributed by atoms with Crippen molar-refractivity contribution >= 4 is 38.1 Å². The Morgan fingerprint density at radius 2 is 1.25 bits per heavy atom. The molecule has 0 atom stereocenters. The molecule has 6 aromatic rings. The highest BCUT2D eigenvalue weighted by atomic mass is 16.3. The molecule has 0 heterocycles. The van der Waals surface area contributed by atoms with Gasteiger partial charge in [0.15, 0.2) is 5.78 Å². The molecule has 0 saturated carbocycles. The first kappa shape index (κ1) is 24.4. The van der Waals surface area contributed by atoms with E-state index in [2.05, 4.69) is 105 Å². The van der Waals surface area contributed by atoms with Crippen LogP contribution < -0.4 is 0 Å². The van der Waals surface area contributed by atoms with Gasteiger partial charge in [-0.05, 0) is 96.4 Å². The van der Waals surface area contributed by atoms with E-state index in [1.54, 1.807) is 0 Å². The second-order valence-corrected chi connectivity index (χ2v) is 11.5. The van der Waals surface area contributed by atoms with Crippen LogP contribution in [0.3, 0.4) is 0 Å². The fourth-order valence-electron chi connectivity index (χ4n) is 6.76. The Kier molecular flexibility index (Phi) is 5.43. The van der Waals surface area contributed by atoms with Crippen molar-refractivity contribution in [3.8, 4) is 22.3 Å². The second kappa shape index (κ2) is 8.93. The number of benzene rings is 6. The summed E-state index contributed by atoms with van der Waals surface area (Å²) in [7, 11) is 0. The predicted molar refractivity (Wildman–Crippen MR) is 167 cm³/mol. The maximum absolute atomic E-state index is 11.7. The molecule has 2 heteroatoms. The van der Waals surface area contributed by atoms with Crippen LogP contribution in [0.25, 0.3) is 54.6 Å². The SMILES string of the molecule is CC(=O)C=C(O)Cc1c2ccccc2c(-c2ccc3c(c2)C(C)(C)c2cc4ccccc4cc2-3)c2ccccc12. The number of carbonyl (C=O) groups excluding carboxylic acids is 1. The third kappa shape index (κ3) is 3.67. The summed E-state index contributed by atoms with van der Waals surface area (Å²) in [4.78, 5) is 11.7. The van der Waals surface area contributed by atoms with E-state index in [1.165, 1.54) is 57.2 Å². The van der Waals surface area contributed by atoms with Crippen LogP contribution in [0.15, 0.2) is 115 Å². The van der Waals surface area contributed by atoms with Crippen molar-refractivity contribution in [2.24, 2.45) is 0 Å². The van der Waals surface area contributed by atoms with Crippen LogP contribution in [0.2, 0.25) is 0 Å². The molecular formula is C38H30O2. The van der Waals surface area contributed by atoms with Gasteiger partial charge >= 0.3 is 0 Å². The largest absolute Gasteiger partial charge is 0.512 e. The topological polar surface area (TPSA) is 37.3 Å². The quantitative estimate of drug-likeness (QED) is 0.143. The molecule has 0 bridgehead atoms. The molecular weight excluding hydrogens is 488 g/mol. The van der Waals surface area contributed by atoms with E-state index >= 15 is 0 Å². The smallest absolute Gasteiger partial charge is 0.155 e. The Labute approximate surface area is 234 Å². The van der Waals surface area contributed by atoms with Gasteiger partial charge < -0.3 is 5.11 Å². The molecule has 0 fully saturated rings. The molecule has 40 heavy (non-hydrogen) atoms. The summed E-state index contributed by atoms with van der Waals surface area (Å²) in [6, 6.07) is 37.1. The van der Waals surface area contributed by atoms with Crippen LogP contribution in [-0.4, -0.2) is 10.9 Å². The number of carbonyl (C=O) groups is 1. The number of aliphatic hydroxyl groups excluding tert-OH is 1. The monoisotopic (exact) mass is 518 g/mol. The van der Waals surface area contributed by atoms with Crippen LogP contribution in [0.4, 0.5) is 0 Å². The molecule has 1 aliphatic rings. The Morgan fingerprint density at radius 3 is 1.88 bits per heavy atom. The number of allylic oxidation sites excluding steroid dienone is 2. The first-order valence-corrected chi connectivity index (χ1v) is 13.8. The van der Waals surface area contributed by atoms with E-state index in [0.717, 1.165) is 27.1 Å². The number of hydrogen-bond donors (Lipinski definition) is 1. The second-order valence-electron chi connectivity index (χ2n) is 11.5. The highest BCUT2D eigenvalue weighted by molar-refractivity contribution is 6.15. The molecule has 1 N–H and O–H groups in total. The van der Waals surface area contributed by atoms with Crippen LogP contribution in [0.1, 0.15) is 37.5 Å². The fourth-order valence-corrected chi connectivity index (χ4v) is 6.76. The summed E-state index contributed by atoms with van der Waals surface area (Å²) < 4.78 is 0. The molecule has 0 radical (unpaired) electrons. The van der Waals surface area contributed by atoms with E-state index in [4.69, 9.17) is 0 Å². The van der Waals surface area contributed by atoms with Crippen LogP contribution >= 0.6 is 0 Å². The van der Waals surface area contributed by atoms with Crippen molar-refractivity contribution in [2.45, 2.75) is 32.6 Å². The minimum atomic E-state index is -0.155. The van der Waals surface area contributed by atoms with Crippen molar-refractivity contribution in [1.82, 2.24) is 0 Å². The van der Waals surface area contributed by atoms with E-state index < -0.39 is 0 Å². The molecule has 0 unspecified atom stereocenters. The zero-order valence-corrected chi connectivity index (χ0v) is 23.0. The molecule has 0 amide bonds. The lowest BCUT2D eigenvalue weighted by Gasteiger charge is -2.23. The Bertz CT molecular complexity index is 1980. The average Bonchev–Trinajstić information content (AvgIpc) is 3.16. The fraction of sp³-hybridized carbons (Fsp3) is 0.132. The molecule has 0 aliphatic heterocycles. The molecule has 0 aromatic heterocycles. The number of fused-ring (bicyclic) bond motifs is 6. The Balaban J connectivity index is 1.48. The lowest BCUT2D eigenvalue weighted by molar-refractivity contribution is -0.112. The third-order valence-electron chi connectivity index (χ3n) is 8.60. The van der Waals surface area contributed by atoms with Gasteiger partial charge in [-0.1, -0.05) is 98.8 Å². The van der Waals surface area contributed by atoms with Crippen LogP contribution in [-0.2, 0) is 16.6 Å². The van der Waals surface area contributed by atoms with Gasteiger partial charge in [-0.3, -0.25) is 4.79 Å². The Morgan fingerprint density at radius 1 is 0.700 bits per heavy atom. The van der Waals surface area contributed by atoms with E-state index in [1.807, 2.05) is 12.1 Å². The Hall–Kier alpha value is -4.69. The van der Waals surface area contributed by atoms with Crippen LogP contribution in [0.5, 0.6) is 0 Å². The van der Waals surface area contributed by atoms with Crippen LogP contribution in [0, 0.1) is 0 Å². The molecule has 194 valence electrons. The summed E-state index contributed by atoms with van der Waals surface area (Å²) in [5, 5.41) is 17.7. The zero-order chi connectivity index (χ0) is 27.6. The lowest BCUT2D eigenvalue weighted by Crippen LogP contribution is -2.15. The van der Waals surface area contributed by atoms with Gasteiger partial charge in [0.1, 0.15) is 5.76 Å². The van der Waals surface area contributed by atoms with E-state index in [0.29, 0.717) is 6.42 Å². The maximum atomic E-state index is 11.7. The highest BCUT2D eigenvalue weighted by Gasteiger charge is 2.36. The molecule has 0 saturated heterocycles. The summed E-state index contributed by atoms with van der Waals surface area (Å²) >= 11 is 0. The maximum Gasteiger partial charge on any atom is 0.155 e. The van der Waals surface area contributed by atoms with Crippen molar-refractivity contribution in [1.29, 1.82) is 0 Å². The summed E-state index contributed by atoms with van der Waals surface area (Å²) in [5.41, 5.74) is 8.63. The number of hydrogen-bond acceptors (Lipinski definition) is 2. The minimum Gasteiger partial charge on any atom is -0.512 e. The highest BCUT2D eigenvalue weighted by Crippen LogP contribution is 2.51. The lowest BCUT2D eigenvalue weighted by atomic mass is 9.80. The molecule has 6 aromatic carbocycles. The predicted octanol–water partition coefficient (Wildman–Crippen LogP) is 9.69. The minimum absolute atomic E-state index is 0.0833. The van der Waals surface area contributed by atoms with Crippen molar-refractivity contribution in [2.75, 3.05) is 0 Å². The number of aliphatic hydroxyl groups is 1. The van der Waals surface area contributed by atoms with E-state index in [9.17, 15) is 9.90 Å². The molecule has 1 aliphatic carbocycles. The van der Waals surface area contributed by atoms with Gasteiger partial charge in [-0.15, -0.1) is 0 Å². The zero-order valence-electron chi connectivity index (χ0n) is 23.0. The standard InChI is InChI=1S/C38H30O2/c1-23(39)18-27(40)22-33-28-12-6-8-14-31(28)37(32-15-9-7-13-29(32)33)26-16-17-30-34-19-24-10-4-5-11-25(24)20-36(34)38(2,3)35(30)21-26/h4-21,40H,22H2,1-3H3. The summed E-state index contributed by atoms with van der Waals surface area (Å²) in [6.07, 6.45) is 1.63. The van der Waals surface area contributed by atoms with E-state index in [-0.39, 0.29) is 17.0 Å². The molecule has 0 spiro atoms. The summed E-state index contributed by atoms with van der Waals surface area (Å²) in [6.45, 7) is 6.13. The summed E-state index contributed by atoms with van der Waals surface area (Å²) in [5.74, 6) is -0.0719. The number of ketones is 1. The first-order valence-electron chi connectivity index (χ1n) is 13.8. The van der Waals surface area contributed by atoms with Gasteiger partial charge in [0, 0.05) is 17.9 Å². The van der Waals surface area contributed by atoms with Gasteiger partial charge in [-0.25, -0.2) is 0 Å². The normalized spacial score (nSPS) is 14.0. The van der Waals surface area contributed by atoms with Gasteiger partial charge in [0.2, 0.25) is 0 Å². The van der Waals surface area contributed by atoms with Gasteiger partial charge in [-0.2, -0.15) is 0 Å². The van der Waals surface area contributed by atoms with Gasteiger partial charge in [0.05, 0.1) is 0 Å². The van der Waals surface area contributed by atoms with Crippen molar-refractivity contribution in [3.63, 3.8) is 0 Å². The average molecular weight is 519 g/mol. The van der Waals surface area contributed by atoms with Crippen molar-refractivity contribution < 1.29 is 9.90 Å². The van der Waals surface area contributed by atoms with Gasteiger partial charge in [0.25, 0.3) is 0 Å². The number of rotatable bonds is 4. The first-order chi connectivity index (χ1) is 19.3. The van der Waals surface area contributed by atoms with Crippen molar-refractivity contribution in [3.05, 3.63) is 132 Å².